The number of amides is 4. The molecule has 8 nitrogen and oxygen atoms in total. The quantitative estimate of drug-likeness (QED) is 0.814. The van der Waals surface area contributed by atoms with E-state index >= 15 is 0 Å². The van der Waals surface area contributed by atoms with Gasteiger partial charge in [0.2, 0.25) is 5.91 Å². The molecular formula is C15H22N4O4. The van der Waals surface area contributed by atoms with Crippen LogP contribution in [0, 0.1) is 0 Å². The first-order valence-corrected chi connectivity index (χ1v) is 7.74. The summed E-state index contributed by atoms with van der Waals surface area (Å²) in [7, 11) is 0. The van der Waals surface area contributed by atoms with Crippen molar-refractivity contribution in [1.29, 1.82) is 0 Å². The Kier molecular flexibility index (Phi) is 6.02. The number of carbonyl (C=O) groups is 3. The molecule has 0 aliphatic carbocycles. The van der Waals surface area contributed by atoms with Crippen molar-refractivity contribution in [2.24, 2.45) is 0 Å². The molecule has 23 heavy (non-hydrogen) atoms. The van der Waals surface area contributed by atoms with Crippen molar-refractivity contribution < 1.29 is 18.8 Å². The van der Waals surface area contributed by atoms with Crippen LogP contribution in [0.5, 0.6) is 0 Å². The highest BCUT2D eigenvalue weighted by molar-refractivity contribution is 5.91. The van der Waals surface area contributed by atoms with E-state index in [4.69, 9.17) is 4.42 Å². The van der Waals surface area contributed by atoms with Crippen molar-refractivity contribution in [2.75, 3.05) is 39.3 Å². The van der Waals surface area contributed by atoms with Gasteiger partial charge in [-0.25, -0.2) is 4.79 Å². The van der Waals surface area contributed by atoms with Crippen molar-refractivity contribution in [2.45, 2.75) is 13.3 Å². The van der Waals surface area contributed by atoms with Gasteiger partial charge in [0.15, 0.2) is 5.76 Å². The molecule has 1 fully saturated rings. The molecule has 126 valence electrons. The lowest BCUT2D eigenvalue weighted by atomic mass is 10.2. The number of urea groups is 1. The number of nitrogens with zero attached hydrogens (tertiary/aromatic N) is 2. The van der Waals surface area contributed by atoms with Crippen LogP contribution in [0.4, 0.5) is 4.79 Å². The topological polar surface area (TPSA) is 94.9 Å². The van der Waals surface area contributed by atoms with Crippen molar-refractivity contribution in [3.63, 3.8) is 0 Å². The third kappa shape index (κ3) is 4.73. The number of piperazine rings is 1. The second-order valence-corrected chi connectivity index (χ2v) is 5.19. The minimum absolute atomic E-state index is 0.0275. The number of furan rings is 1. The maximum atomic E-state index is 12.1. The number of rotatable bonds is 5. The fourth-order valence-corrected chi connectivity index (χ4v) is 2.36. The van der Waals surface area contributed by atoms with E-state index in [9.17, 15) is 14.4 Å². The van der Waals surface area contributed by atoms with Crippen LogP contribution in [0.25, 0.3) is 0 Å². The van der Waals surface area contributed by atoms with E-state index in [1.165, 1.54) is 6.26 Å². The first-order chi connectivity index (χ1) is 11.1. The van der Waals surface area contributed by atoms with Crippen LogP contribution in [0.15, 0.2) is 22.8 Å². The molecule has 2 heterocycles. The molecule has 0 unspecified atom stereocenters. The molecule has 1 aliphatic rings. The van der Waals surface area contributed by atoms with Crippen LogP contribution in [-0.4, -0.2) is 66.9 Å². The largest absolute Gasteiger partial charge is 0.459 e. The number of carbonyl (C=O) groups excluding carboxylic acids is 3. The highest BCUT2D eigenvalue weighted by Gasteiger charge is 2.23. The van der Waals surface area contributed by atoms with Crippen LogP contribution in [0.3, 0.4) is 0 Å². The molecule has 0 spiro atoms. The first kappa shape index (κ1) is 16.9. The summed E-state index contributed by atoms with van der Waals surface area (Å²) < 4.78 is 4.97. The van der Waals surface area contributed by atoms with E-state index in [-0.39, 0.29) is 36.6 Å². The van der Waals surface area contributed by atoms with E-state index in [1.54, 1.807) is 21.9 Å². The van der Waals surface area contributed by atoms with Crippen LogP contribution < -0.4 is 10.6 Å². The summed E-state index contributed by atoms with van der Waals surface area (Å²) in [6, 6.07) is 3.11. The standard InChI is InChI=1S/C15H22N4O4/c1-2-16-15(22)19-9-7-18(8-10-19)13(20)5-6-17-14(21)12-4-3-11-23-12/h3-4,11H,2,5-10H2,1H3,(H,16,22)(H,17,21). The second kappa shape index (κ2) is 8.21. The third-order valence-electron chi connectivity index (χ3n) is 3.62. The van der Waals surface area contributed by atoms with Crippen molar-refractivity contribution >= 4 is 17.8 Å². The van der Waals surface area contributed by atoms with Gasteiger partial charge >= 0.3 is 6.03 Å². The average Bonchev–Trinajstić information content (AvgIpc) is 3.09. The molecule has 1 aliphatic heterocycles. The van der Waals surface area contributed by atoms with Gasteiger partial charge in [0.25, 0.3) is 5.91 Å². The Hall–Kier alpha value is -2.51. The minimum atomic E-state index is -0.330. The van der Waals surface area contributed by atoms with Crippen LogP contribution >= 0.6 is 0 Å². The molecule has 0 saturated carbocycles. The Bertz CT molecular complexity index is 536. The Morgan fingerprint density at radius 3 is 2.43 bits per heavy atom. The fraction of sp³-hybridized carbons (Fsp3) is 0.533. The summed E-state index contributed by atoms with van der Waals surface area (Å²) in [5.41, 5.74) is 0. The summed E-state index contributed by atoms with van der Waals surface area (Å²) >= 11 is 0. The highest BCUT2D eigenvalue weighted by Crippen LogP contribution is 2.04. The van der Waals surface area contributed by atoms with Crippen LogP contribution in [-0.2, 0) is 4.79 Å². The zero-order valence-electron chi connectivity index (χ0n) is 13.2. The number of hydrogen-bond donors (Lipinski definition) is 2. The van der Waals surface area contributed by atoms with Gasteiger partial charge in [-0.2, -0.15) is 0 Å². The third-order valence-corrected chi connectivity index (χ3v) is 3.62. The summed E-state index contributed by atoms with van der Waals surface area (Å²) in [4.78, 5) is 38.9. The minimum Gasteiger partial charge on any atom is -0.459 e. The number of hydrogen-bond acceptors (Lipinski definition) is 4. The predicted molar refractivity (Wildman–Crippen MR) is 82.9 cm³/mol. The number of nitrogens with one attached hydrogen (secondary N) is 2. The van der Waals surface area contributed by atoms with Gasteiger partial charge in [-0.05, 0) is 19.1 Å². The van der Waals surface area contributed by atoms with Crippen molar-refractivity contribution in [1.82, 2.24) is 20.4 Å². The second-order valence-electron chi connectivity index (χ2n) is 5.19. The molecule has 0 aromatic carbocycles. The molecule has 8 heteroatoms. The van der Waals surface area contributed by atoms with E-state index in [0.717, 1.165) is 0 Å². The normalized spacial score (nSPS) is 14.5. The molecular weight excluding hydrogens is 300 g/mol. The van der Waals surface area contributed by atoms with Crippen LogP contribution in [0.1, 0.15) is 23.9 Å². The Morgan fingerprint density at radius 2 is 1.83 bits per heavy atom. The smallest absolute Gasteiger partial charge is 0.317 e. The van der Waals surface area contributed by atoms with Gasteiger partial charge in [-0.1, -0.05) is 0 Å². The molecule has 1 aromatic rings. The monoisotopic (exact) mass is 322 g/mol. The van der Waals surface area contributed by atoms with Gasteiger partial charge in [0.05, 0.1) is 6.26 Å². The van der Waals surface area contributed by atoms with Gasteiger partial charge in [-0.15, -0.1) is 0 Å². The Labute approximate surface area is 134 Å². The van der Waals surface area contributed by atoms with Gasteiger partial charge in [0, 0.05) is 45.7 Å². The molecule has 1 aromatic heterocycles. The summed E-state index contributed by atoms with van der Waals surface area (Å²) in [6.45, 7) is 4.80. The van der Waals surface area contributed by atoms with Gasteiger partial charge < -0.3 is 24.9 Å². The van der Waals surface area contributed by atoms with Crippen LogP contribution in [0.2, 0.25) is 0 Å². The van der Waals surface area contributed by atoms with Crippen molar-refractivity contribution in [3.05, 3.63) is 24.2 Å². The molecule has 0 atom stereocenters. The van der Waals surface area contributed by atoms with E-state index in [1.807, 2.05) is 6.92 Å². The van der Waals surface area contributed by atoms with E-state index in [2.05, 4.69) is 10.6 Å². The van der Waals surface area contributed by atoms with Gasteiger partial charge in [-0.3, -0.25) is 9.59 Å². The molecule has 0 radical (unpaired) electrons. The average molecular weight is 322 g/mol. The predicted octanol–water partition coefficient (Wildman–Crippen LogP) is 0.273. The maximum absolute atomic E-state index is 12.1. The Morgan fingerprint density at radius 1 is 1.13 bits per heavy atom. The van der Waals surface area contributed by atoms with E-state index < -0.39 is 0 Å². The zero-order valence-corrected chi connectivity index (χ0v) is 13.2. The summed E-state index contributed by atoms with van der Waals surface area (Å²) in [6.07, 6.45) is 1.65. The lowest BCUT2D eigenvalue weighted by Crippen LogP contribution is -2.53. The zero-order chi connectivity index (χ0) is 16.7. The molecule has 0 bridgehead atoms. The molecule has 2 rings (SSSR count). The maximum Gasteiger partial charge on any atom is 0.317 e. The SMILES string of the molecule is CCNC(=O)N1CCN(C(=O)CCNC(=O)c2ccco2)CC1. The molecule has 2 N–H and O–H groups in total. The summed E-state index contributed by atoms with van der Waals surface area (Å²) in [5, 5.41) is 5.39. The Balaban J connectivity index is 1.67. The lowest BCUT2D eigenvalue weighted by molar-refractivity contribution is -0.132. The highest BCUT2D eigenvalue weighted by atomic mass is 16.3. The lowest BCUT2D eigenvalue weighted by Gasteiger charge is -2.34. The van der Waals surface area contributed by atoms with E-state index in [0.29, 0.717) is 32.7 Å². The molecule has 4 amide bonds. The molecule has 1 saturated heterocycles. The van der Waals surface area contributed by atoms with Crippen molar-refractivity contribution in [3.8, 4) is 0 Å². The fourth-order valence-electron chi connectivity index (χ4n) is 2.36. The van der Waals surface area contributed by atoms with Gasteiger partial charge in [0.1, 0.15) is 0 Å². The first-order valence-electron chi connectivity index (χ1n) is 7.74. The summed E-state index contributed by atoms with van der Waals surface area (Å²) in [5.74, 6) is -0.128.